The van der Waals surface area contributed by atoms with Crippen LogP contribution in [-0.4, -0.2) is 20.9 Å². The van der Waals surface area contributed by atoms with Gasteiger partial charge in [-0.15, -0.1) is 5.10 Å². The Balaban J connectivity index is 1.70. The molecule has 2 aromatic carbocycles. The predicted molar refractivity (Wildman–Crippen MR) is 97.2 cm³/mol. The van der Waals surface area contributed by atoms with Gasteiger partial charge in [-0.3, -0.25) is 4.79 Å². The molecule has 0 radical (unpaired) electrons. The van der Waals surface area contributed by atoms with E-state index < -0.39 is 0 Å². The van der Waals surface area contributed by atoms with Crippen molar-refractivity contribution in [3.05, 3.63) is 71.0 Å². The quantitative estimate of drug-likeness (QED) is 0.785. The Bertz CT molecular complexity index is 926. The van der Waals surface area contributed by atoms with Crippen LogP contribution >= 0.6 is 0 Å². The van der Waals surface area contributed by atoms with E-state index in [-0.39, 0.29) is 5.91 Å². The maximum Gasteiger partial charge on any atom is 0.278 e. The van der Waals surface area contributed by atoms with Crippen molar-refractivity contribution in [2.75, 3.05) is 5.32 Å². The summed E-state index contributed by atoms with van der Waals surface area (Å²) in [6.07, 6.45) is 2.15. The van der Waals surface area contributed by atoms with Crippen LogP contribution in [0.5, 0.6) is 0 Å². The Hall–Kier alpha value is -2.95. The smallest absolute Gasteiger partial charge is 0.278 e. The first-order valence-electron chi connectivity index (χ1n) is 8.53. The minimum absolute atomic E-state index is 0.196. The van der Waals surface area contributed by atoms with E-state index >= 15 is 0 Å². The second-order valence-electron chi connectivity index (χ2n) is 6.55. The van der Waals surface area contributed by atoms with Gasteiger partial charge in [0.05, 0.1) is 11.4 Å². The molecule has 1 aromatic heterocycles. The van der Waals surface area contributed by atoms with Gasteiger partial charge in [-0.05, 0) is 56.0 Å². The summed E-state index contributed by atoms with van der Waals surface area (Å²) in [5.41, 5.74) is 5.30. The number of nitrogens with one attached hydrogen (secondary N) is 1. The number of nitrogens with zero attached hydrogens (tertiary/aromatic N) is 3. The molecule has 1 fully saturated rings. The monoisotopic (exact) mass is 332 g/mol. The minimum Gasteiger partial charge on any atom is -0.320 e. The Labute approximate surface area is 146 Å². The highest BCUT2D eigenvalue weighted by Crippen LogP contribution is 2.42. The predicted octanol–water partition coefficient (Wildman–Crippen LogP) is 4.01. The van der Waals surface area contributed by atoms with E-state index in [1.54, 1.807) is 4.68 Å². The number of aromatic nitrogens is 3. The van der Waals surface area contributed by atoms with Crippen LogP contribution in [0.15, 0.2) is 48.5 Å². The SMILES string of the molecule is Cc1cccc(NC(=O)c2nnn(-c3ccccc3)c2C2CC2)c1C. The highest BCUT2D eigenvalue weighted by molar-refractivity contribution is 6.04. The summed E-state index contributed by atoms with van der Waals surface area (Å²) in [4.78, 5) is 12.8. The van der Waals surface area contributed by atoms with Gasteiger partial charge in [-0.1, -0.05) is 35.5 Å². The number of aryl methyl sites for hydroxylation is 1. The summed E-state index contributed by atoms with van der Waals surface area (Å²) >= 11 is 0. The van der Waals surface area contributed by atoms with E-state index in [0.717, 1.165) is 41.0 Å². The first kappa shape index (κ1) is 15.6. The molecule has 1 aliphatic rings. The molecule has 4 rings (SSSR count). The average Bonchev–Trinajstić information content (AvgIpc) is 3.37. The molecule has 0 aliphatic heterocycles. The van der Waals surface area contributed by atoms with E-state index in [0.29, 0.717) is 11.6 Å². The van der Waals surface area contributed by atoms with Gasteiger partial charge < -0.3 is 5.32 Å². The molecule has 1 heterocycles. The van der Waals surface area contributed by atoms with Crippen molar-refractivity contribution in [3.8, 4) is 5.69 Å². The van der Waals surface area contributed by atoms with E-state index in [1.165, 1.54) is 0 Å². The fourth-order valence-electron chi connectivity index (χ4n) is 3.00. The molecule has 1 saturated carbocycles. The van der Waals surface area contributed by atoms with Crippen LogP contribution in [0.25, 0.3) is 5.69 Å². The second-order valence-corrected chi connectivity index (χ2v) is 6.55. The van der Waals surface area contributed by atoms with Gasteiger partial charge in [0.25, 0.3) is 5.91 Å². The average molecular weight is 332 g/mol. The van der Waals surface area contributed by atoms with Crippen LogP contribution in [0, 0.1) is 13.8 Å². The molecule has 5 heteroatoms. The zero-order valence-corrected chi connectivity index (χ0v) is 14.4. The molecule has 0 bridgehead atoms. The number of carbonyl (C=O) groups is 1. The van der Waals surface area contributed by atoms with Gasteiger partial charge in [0.2, 0.25) is 0 Å². The van der Waals surface area contributed by atoms with Gasteiger partial charge in [-0.25, -0.2) is 4.68 Å². The summed E-state index contributed by atoms with van der Waals surface area (Å²) in [5.74, 6) is 0.160. The molecule has 0 spiro atoms. The van der Waals surface area contributed by atoms with Crippen LogP contribution in [-0.2, 0) is 0 Å². The van der Waals surface area contributed by atoms with Crippen molar-refractivity contribution in [3.63, 3.8) is 0 Å². The standard InChI is InChI=1S/C20H20N4O/c1-13-7-6-10-17(14(13)2)21-20(25)18-19(15-11-12-15)24(23-22-18)16-8-4-3-5-9-16/h3-10,15H,11-12H2,1-2H3,(H,21,25). The van der Waals surface area contributed by atoms with Crippen LogP contribution in [0.3, 0.4) is 0 Å². The van der Waals surface area contributed by atoms with Crippen LogP contribution in [0.4, 0.5) is 5.69 Å². The molecule has 1 aliphatic carbocycles. The molecule has 5 nitrogen and oxygen atoms in total. The summed E-state index contributed by atoms with van der Waals surface area (Å²) in [6, 6.07) is 15.7. The van der Waals surface area contributed by atoms with Crippen molar-refractivity contribution in [2.45, 2.75) is 32.6 Å². The summed E-state index contributed by atoms with van der Waals surface area (Å²) in [7, 11) is 0. The third kappa shape index (κ3) is 2.93. The Morgan fingerprint density at radius 2 is 1.84 bits per heavy atom. The van der Waals surface area contributed by atoms with Gasteiger partial charge >= 0.3 is 0 Å². The lowest BCUT2D eigenvalue weighted by molar-refractivity contribution is 0.102. The number of hydrogen-bond donors (Lipinski definition) is 1. The molecule has 3 aromatic rings. The molecule has 126 valence electrons. The number of carbonyl (C=O) groups excluding carboxylic acids is 1. The topological polar surface area (TPSA) is 59.8 Å². The fraction of sp³-hybridized carbons (Fsp3) is 0.250. The fourth-order valence-corrected chi connectivity index (χ4v) is 3.00. The number of para-hydroxylation sites is 1. The van der Waals surface area contributed by atoms with Crippen molar-refractivity contribution in [1.29, 1.82) is 0 Å². The second kappa shape index (κ2) is 6.16. The minimum atomic E-state index is -0.196. The first-order valence-corrected chi connectivity index (χ1v) is 8.53. The first-order chi connectivity index (χ1) is 12.1. The van der Waals surface area contributed by atoms with Gasteiger partial charge in [-0.2, -0.15) is 0 Å². The normalized spacial score (nSPS) is 13.7. The zero-order chi connectivity index (χ0) is 17.4. The Morgan fingerprint density at radius 3 is 2.56 bits per heavy atom. The highest BCUT2D eigenvalue weighted by atomic mass is 16.2. The Kier molecular flexibility index (Phi) is 3.84. The third-order valence-electron chi connectivity index (χ3n) is 4.74. The number of rotatable bonds is 4. The number of benzene rings is 2. The zero-order valence-electron chi connectivity index (χ0n) is 14.4. The van der Waals surface area contributed by atoms with Crippen molar-refractivity contribution in [2.24, 2.45) is 0 Å². The number of hydrogen-bond acceptors (Lipinski definition) is 3. The van der Waals surface area contributed by atoms with E-state index in [2.05, 4.69) is 15.6 Å². The van der Waals surface area contributed by atoms with Crippen LogP contribution < -0.4 is 5.32 Å². The van der Waals surface area contributed by atoms with Crippen LogP contribution in [0.2, 0.25) is 0 Å². The van der Waals surface area contributed by atoms with E-state index in [1.807, 2.05) is 62.4 Å². The number of amides is 1. The van der Waals surface area contributed by atoms with Gasteiger partial charge in [0, 0.05) is 11.6 Å². The van der Waals surface area contributed by atoms with Gasteiger partial charge in [0.15, 0.2) is 5.69 Å². The molecular weight excluding hydrogens is 312 g/mol. The molecule has 25 heavy (non-hydrogen) atoms. The third-order valence-corrected chi connectivity index (χ3v) is 4.74. The van der Waals surface area contributed by atoms with E-state index in [9.17, 15) is 4.79 Å². The van der Waals surface area contributed by atoms with Gasteiger partial charge in [0.1, 0.15) is 0 Å². The van der Waals surface area contributed by atoms with Crippen molar-refractivity contribution < 1.29 is 4.79 Å². The van der Waals surface area contributed by atoms with Crippen molar-refractivity contribution in [1.82, 2.24) is 15.0 Å². The maximum atomic E-state index is 12.8. The summed E-state index contributed by atoms with van der Waals surface area (Å²) in [5, 5.41) is 11.5. The lowest BCUT2D eigenvalue weighted by atomic mass is 10.1. The molecule has 0 unspecified atom stereocenters. The largest absolute Gasteiger partial charge is 0.320 e. The lowest BCUT2D eigenvalue weighted by Gasteiger charge is -2.10. The molecule has 0 atom stereocenters. The van der Waals surface area contributed by atoms with Crippen LogP contribution in [0.1, 0.15) is 46.1 Å². The molecule has 0 saturated heterocycles. The number of anilines is 1. The lowest BCUT2D eigenvalue weighted by Crippen LogP contribution is -2.16. The Morgan fingerprint density at radius 1 is 1.08 bits per heavy atom. The molecule has 1 N–H and O–H groups in total. The maximum absolute atomic E-state index is 12.8. The van der Waals surface area contributed by atoms with Crippen molar-refractivity contribution >= 4 is 11.6 Å². The van der Waals surface area contributed by atoms with E-state index in [4.69, 9.17) is 0 Å². The summed E-state index contributed by atoms with van der Waals surface area (Å²) in [6.45, 7) is 4.04. The molecule has 1 amide bonds. The molecular formula is C20H20N4O. The summed E-state index contributed by atoms with van der Waals surface area (Å²) < 4.78 is 1.80. The highest BCUT2D eigenvalue weighted by Gasteiger charge is 2.34.